The first kappa shape index (κ1) is 13.2. The Balaban J connectivity index is 2.59. The van der Waals surface area contributed by atoms with Crippen molar-refractivity contribution in [2.45, 2.75) is 31.0 Å². The molecule has 1 unspecified atom stereocenters. The lowest BCUT2D eigenvalue weighted by Crippen LogP contribution is -2.54. The SMILES string of the molecule is CO[C@@H]1COC(O)C[C@@H]1NC(=O)C(F)(F)F. The second kappa shape index (κ2) is 4.98. The van der Waals surface area contributed by atoms with E-state index in [9.17, 15) is 18.0 Å². The van der Waals surface area contributed by atoms with Crippen molar-refractivity contribution in [3.63, 3.8) is 0 Å². The van der Waals surface area contributed by atoms with E-state index >= 15 is 0 Å². The number of aliphatic hydroxyl groups is 1. The molecule has 0 bridgehead atoms. The quantitative estimate of drug-likeness (QED) is 0.704. The summed E-state index contributed by atoms with van der Waals surface area (Å²) in [6.07, 6.45) is -6.97. The number of amides is 1. The van der Waals surface area contributed by atoms with E-state index < -0.39 is 30.5 Å². The zero-order chi connectivity index (χ0) is 12.3. The van der Waals surface area contributed by atoms with Gasteiger partial charge in [0, 0.05) is 13.5 Å². The molecule has 0 aromatic rings. The van der Waals surface area contributed by atoms with Gasteiger partial charge in [0.05, 0.1) is 12.6 Å². The van der Waals surface area contributed by atoms with Crippen LogP contribution in [0.5, 0.6) is 0 Å². The van der Waals surface area contributed by atoms with Crippen LogP contribution in [0.4, 0.5) is 13.2 Å². The van der Waals surface area contributed by atoms with Crippen LogP contribution in [-0.4, -0.2) is 49.3 Å². The number of halogens is 3. The van der Waals surface area contributed by atoms with E-state index in [1.807, 2.05) is 0 Å². The van der Waals surface area contributed by atoms with Crippen LogP contribution in [0.25, 0.3) is 0 Å². The van der Waals surface area contributed by atoms with E-state index in [1.165, 1.54) is 7.11 Å². The van der Waals surface area contributed by atoms with Gasteiger partial charge in [0.15, 0.2) is 6.29 Å². The Bertz CT molecular complexity index is 258. The number of ether oxygens (including phenoxy) is 2. The Morgan fingerprint density at radius 2 is 2.19 bits per heavy atom. The van der Waals surface area contributed by atoms with E-state index in [0.717, 1.165) is 0 Å². The molecule has 1 saturated heterocycles. The van der Waals surface area contributed by atoms with Gasteiger partial charge in [-0.3, -0.25) is 4.79 Å². The molecule has 1 fully saturated rings. The van der Waals surface area contributed by atoms with Crippen molar-refractivity contribution in [1.29, 1.82) is 0 Å². The predicted octanol–water partition coefficient (Wildman–Crippen LogP) is -0.213. The first-order chi connectivity index (χ1) is 7.34. The molecule has 0 aromatic heterocycles. The van der Waals surface area contributed by atoms with Crippen molar-refractivity contribution in [3.8, 4) is 0 Å². The number of rotatable bonds is 2. The van der Waals surface area contributed by atoms with Crippen LogP contribution in [0, 0.1) is 0 Å². The van der Waals surface area contributed by atoms with Crippen LogP contribution in [0.2, 0.25) is 0 Å². The Hall–Kier alpha value is -0.860. The van der Waals surface area contributed by atoms with Crippen molar-refractivity contribution in [2.75, 3.05) is 13.7 Å². The van der Waals surface area contributed by atoms with E-state index in [1.54, 1.807) is 5.32 Å². The Kier molecular flexibility index (Phi) is 4.11. The summed E-state index contributed by atoms with van der Waals surface area (Å²) in [5.41, 5.74) is 0. The summed E-state index contributed by atoms with van der Waals surface area (Å²) in [5.74, 6) is -2.05. The minimum absolute atomic E-state index is 0.0690. The van der Waals surface area contributed by atoms with Crippen LogP contribution < -0.4 is 5.32 Å². The molecule has 5 nitrogen and oxygen atoms in total. The van der Waals surface area contributed by atoms with Gasteiger partial charge >= 0.3 is 12.1 Å². The normalized spacial score (nSPS) is 31.2. The standard InChI is InChI=1S/C8H12F3NO4/c1-15-5-3-16-6(13)2-4(5)12-7(14)8(9,10)11/h4-6,13H,2-3H2,1H3,(H,12,14)/t4-,5+,6?/m0/s1. The fraction of sp³-hybridized carbons (Fsp3) is 0.875. The maximum atomic E-state index is 12.0. The molecule has 0 aromatic carbocycles. The Labute approximate surface area is 89.5 Å². The van der Waals surface area contributed by atoms with Crippen molar-refractivity contribution in [2.24, 2.45) is 0 Å². The summed E-state index contributed by atoms with van der Waals surface area (Å²) in [5, 5.41) is 10.9. The second-order valence-electron chi connectivity index (χ2n) is 3.38. The highest BCUT2D eigenvalue weighted by molar-refractivity contribution is 5.82. The van der Waals surface area contributed by atoms with E-state index in [2.05, 4.69) is 0 Å². The highest BCUT2D eigenvalue weighted by atomic mass is 19.4. The average molecular weight is 243 g/mol. The van der Waals surface area contributed by atoms with Crippen LogP contribution in [0.3, 0.4) is 0 Å². The maximum absolute atomic E-state index is 12.0. The zero-order valence-electron chi connectivity index (χ0n) is 8.45. The number of hydrogen-bond donors (Lipinski definition) is 2. The summed E-state index contributed by atoms with van der Waals surface area (Å²) < 4.78 is 45.6. The first-order valence-corrected chi connectivity index (χ1v) is 4.54. The van der Waals surface area contributed by atoms with Crippen LogP contribution in [0.15, 0.2) is 0 Å². The molecule has 94 valence electrons. The lowest BCUT2D eigenvalue weighted by molar-refractivity contribution is -0.188. The van der Waals surface area contributed by atoms with Crippen molar-refractivity contribution in [1.82, 2.24) is 5.32 Å². The Morgan fingerprint density at radius 3 is 2.69 bits per heavy atom. The average Bonchev–Trinajstić information content (AvgIpc) is 2.16. The second-order valence-corrected chi connectivity index (χ2v) is 3.38. The van der Waals surface area contributed by atoms with Crippen LogP contribution >= 0.6 is 0 Å². The lowest BCUT2D eigenvalue weighted by atomic mass is 10.1. The van der Waals surface area contributed by atoms with E-state index in [4.69, 9.17) is 14.6 Å². The molecule has 1 amide bonds. The summed E-state index contributed by atoms with van der Waals surface area (Å²) in [4.78, 5) is 10.7. The molecule has 1 rings (SSSR count). The van der Waals surface area contributed by atoms with Crippen LogP contribution in [0.1, 0.15) is 6.42 Å². The number of carbonyl (C=O) groups is 1. The largest absolute Gasteiger partial charge is 0.471 e. The van der Waals surface area contributed by atoms with Gasteiger partial charge in [0.25, 0.3) is 0 Å². The summed E-state index contributed by atoms with van der Waals surface area (Å²) in [6.45, 7) is -0.0690. The molecule has 0 radical (unpaired) electrons. The molecule has 0 spiro atoms. The minimum atomic E-state index is -4.94. The number of hydrogen-bond acceptors (Lipinski definition) is 4. The number of nitrogens with one attached hydrogen (secondary N) is 1. The molecule has 1 aliphatic rings. The van der Waals surface area contributed by atoms with Gasteiger partial charge in [0.1, 0.15) is 6.10 Å². The third-order valence-corrected chi connectivity index (χ3v) is 2.23. The van der Waals surface area contributed by atoms with Gasteiger partial charge in [0.2, 0.25) is 0 Å². The lowest BCUT2D eigenvalue weighted by Gasteiger charge is -2.33. The van der Waals surface area contributed by atoms with Gasteiger partial charge in [-0.15, -0.1) is 0 Å². The van der Waals surface area contributed by atoms with Gasteiger partial charge in [-0.25, -0.2) is 0 Å². The molecule has 2 N–H and O–H groups in total. The molecular formula is C8H12F3NO4. The van der Waals surface area contributed by atoms with Crippen LogP contribution in [-0.2, 0) is 14.3 Å². The zero-order valence-corrected chi connectivity index (χ0v) is 8.45. The topological polar surface area (TPSA) is 67.8 Å². The maximum Gasteiger partial charge on any atom is 0.471 e. The number of aliphatic hydroxyl groups excluding tert-OH is 1. The van der Waals surface area contributed by atoms with Gasteiger partial charge in [-0.1, -0.05) is 0 Å². The Morgan fingerprint density at radius 1 is 1.56 bits per heavy atom. The highest BCUT2D eigenvalue weighted by Crippen LogP contribution is 2.19. The summed E-state index contributed by atoms with van der Waals surface area (Å²) in [7, 11) is 1.29. The summed E-state index contributed by atoms with van der Waals surface area (Å²) >= 11 is 0. The van der Waals surface area contributed by atoms with E-state index in [0.29, 0.717) is 0 Å². The molecule has 1 aliphatic heterocycles. The molecular weight excluding hydrogens is 231 g/mol. The molecule has 0 saturated carbocycles. The highest BCUT2D eigenvalue weighted by Gasteiger charge is 2.42. The first-order valence-electron chi connectivity index (χ1n) is 4.54. The monoisotopic (exact) mass is 243 g/mol. The molecule has 16 heavy (non-hydrogen) atoms. The third-order valence-electron chi connectivity index (χ3n) is 2.23. The minimum Gasteiger partial charge on any atom is -0.377 e. The number of alkyl halides is 3. The summed E-state index contributed by atoms with van der Waals surface area (Å²) in [6, 6.07) is -0.914. The molecule has 1 heterocycles. The van der Waals surface area contributed by atoms with Gasteiger partial charge in [-0.05, 0) is 0 Å². The van der Waals surface area contributed by atoms with E-state index in [-0.39, 0.29) is 13.0 Å². The van der Waals surface area contributed by atoms with Crippen molar-refractivity contribution in [3.05, 3.63) is 0 Å². The fourth-order valence-corrected chi connectivity index (χ4v) is 1.39. The fourth-order valence-electron chi connectivity index (χ4n) is 1.39. The molecule has 3 atom stereocenters. The van der Waals surface area contributed by atoms with Gasteiger partial charge in [-0.2, -0.15) is 13.2 Å². The van der Waals surface area contributed by atoms with Gasteiger partial charge < -0.3 is 19.9 Å². The number of methoxy groups -OCH3 is 1. The number of carbonyl (C=O) groups excluding carboxylic acids is 1. The molecule has 0 aliphatic carbocycles. The van der Waals surface area contributed by atoms with Crippen molar-refractivity contribution < 1.29 is 32.5 Å². The smallest absolute Gasteiger partial charge is 0.377 e. The third kappa shape index (κ3) is 3.32. The van der Waals surface area contributed by atoms with Crippen molar-refractivity contribution >= 4 is 5.91 Å². The predicted molar refractivity (Wildman–Crippen MR) is 45.4 cm³/mol. The molecule has 8 heteroatoms.